The highest BCUT2D eigenvalue weighted by Crippen LogP contribution is 2.40. The van der Waals surface area contributed by atoms with Crippen molar-refractivity contribution in [1.29, 1.82) is 0 Å². The lowest BCUT2D eigenvalue weighted by molar-refractivity contribution is -0.190. The molecule has 42 heavy (non-hydrogen) atoms. The number of nitrogens with zero attached hydrogens (tertiary/aromatic N) is 5. The summed E-state index contributed by atoms with van der Waals surface area (Å²) in [5.74, 6) is -2.64. The molecule has 0 saturated carbocycles. The third kappa shape index (κ3) is 5.66. The van der Waals surface area contributed by atoms with Gasteiger partial charge in [0.25, 0.3) is 0 Å². The van der Waals surface area contributed by atoms with Crippen LogP contribution < -0.4 is 4.90 Å². The minimum atomic E-state index is -4.78. The summed E-state index contributed by atoms with van der Waals surface area (Å²) in [6.07, 6.45) is -0.523. The standard InChI is InChI=1S/C30H34F3N5O4/c1-18-13-24-34-15-23-22(37(24)16-18)7-6-12-36(23)21-10-8-19(9-11-21)26(30(31,32)33)35(5)27(40)20-14-25(39)38(17-20)28(41)42-29(2,3)4/h8-11,13,15-16,20,26H,6-7,12,14,17H2,1-5H3/t20-,26+/m1/s1. The Balaban J connectivity index is 1.36. The number of carbonyl (C=O) groups excluding carboxylic acids is 3. The van der Waals surface area contributed by atoms with Crippen LogP contribution in [0.25, 0.3) is 5.65 Å². The van der Waals surface area contributed by atoms with Crippen molar-refractivity contribution < 1.29 is 32.3 Å². The van der Waals surface area contributed by atoms with Crippen LogP contribution in [0.15, 0.2) is 42.7 Å². The molecule has 2 aromatic heterocycles. The van der Waals surface area contributed by atoms with Crippen LogP contribution in [0, 0.1) is 12.8 Å². The maximum Gasteiger partial charge on any atom is 0.417 e. The molecule has 2 atom stereocenters. The van der Waals surface area contributed by atoms with Gasteiger partial charge in [0.1, 0.15) is 11.2 Å². The smallest absolute Gasteiger partial charge is 0.417 e. The Morgan fingerprint density at radius 2 is 1.83 bits per heavy atom. The molecule has 1 fully saturated rings. The maximum atomic E-state index is 14.4. The molecule has 224 valence electrons. The molecule has 2 aliphatic heterocycles. The van der Waals surface area contributed by atoms with Gasteiger partial charge in [-0.15, -0.1) is 0 Å². The number of aromatic nitrogens is 2. The highest BCUT2D eigenvalue weighted by atomic mass is 19.4. The van der Waals surface area contributed by atoms with Crippen LogP contribution in [-0.2, 0) is 20.7 Å². The Morgan fingerprint density at radius 1 is 1.14 bits per heavy atom. The predicted molar refractivity (Wildman–Crippen MR) is 149 cm³/mol. The first-order valence-electron chi connectivity index (χ1n) is 13.8. The van der Waals surface area contributed by atoms with Crippen molar-refractivity contribution in [3.63, 3.8) is 0 Å². The largest absolute Gasteiger partial charge is 0.443 e. The van der Waals surface area contributed by atoms with Crippen molar-refractivity contribution in [2.75, 3.05) is 25.0 Å². The molecule has 1 saturated heterocycles. The van der Waals surface area contributed by atoms with Crippen molar-refractivity contribution in [2.24, 2.45) is 5.92 Å². The number of hydrogen-bond donors (Lipinski definition) is 0. The first-order chi connectivity index (χ1) is 19.6. The highest BCUT2D eigenvalue weighted by molar-refractivity contribution is 5.98. The number of rotatable bonds is 4. The topological polar surface area (TPSA) is 87.5 Å². The highest BCUT2D eigenvalue weighted by Gasteiger charge is 2.48. The first-order valence-corrected chi connectivity index (χ1v) is 13.8. The van der Waals surface area contributed by atoms with Crippen molar-refractivity contribution in [3.05, 3.63) is 59.5 Å². The molecule has 0 unspecified atom stereocenters. The van der Waals surface area contributed by atoms with E-state index in [-0.39, 0.29) is 18.5 Å². The molecule has 0 aliphatic carbocycles. The number of amides is 3. The van der Waals surface area contributed by atoms with E-state index in [1.807, 2.05) is 24.1 Å². The van der Waals surface area contributed by atoms with Crippen molar-refractivity contribution in [2.45, 2.75) is 64.8 Å². The van der Waals surface area contributed by atoms with Gasteiger partial charge in [0.05, 0.1) is 17.8 Å². The predicted octanol–water partition coefficient (Wildman–Crippen LogP) is 5.57. The summed E-state index contributed by atoms with van der Waals surface area (Å²) in [6.45, 7) is 7.24. The van der Waals surface area contributed by atoms with Gasteiger partial charge in [-0.05, 0) is 69.9 Å². The quantitative estimate of drug-likeness (QED) is 0.398. The normalized spacial score (nSPS) is 18.3. The van der Waals surface area contributed by atoms with Crippen molar-refractivity contribution in [3.8, 4) is 0 Å². The second-order valence-electron chi connectivity index (χ2n) is 12.0. The Morgan fingerprint density at radius 3 is 2.48 bits per heavy atom. The first kappa shape index (κ1) is 29.4. The molecule has 3 amide bonds. The molecule has 0 spiro atoms. The second-order valence-corrected chi connectivity index (χ2v) is 12.0. The van der Waals surface area contributed by atoms with Gasteiger partial charge >= 0.3 is 12.3 Å². The number of benzene rings is 1. The van der Waals surface area contributed by atoms with Crippen molar-refractivity contribution in [1.82, 2.24) is 19.2 Å². The third-order valence-corrected chi connectivity index (χ3v) is 7.58. The monoisotopic (exact) mass is 585 g/mol. The molecular formula is C30H34F3N5O4. The number of carbonyl (C=O) groups is 3. The van der Waals surface area contributed by atoms with Gasteiger partial charge in [0, 0.05) is 44.1 Å². The number of ether oxygens (including phenoxy) is 1. The molecule has 4 heterocycles. The van der Waals surface area contributed by atoms with E-state index in [9.17, 15) is 27.6 Å². The zero-order valence-electron chi connectivity index (χ0n) is 24.2. The fourth-order valence-corrected chi connectivity index (χ4v) is 5.74. The van der Waals surface area contributed by atoms with Gasteiger partial charge < -0.3 is 18.9 Å². The Labute approximate surface area is 241 Å². The number of anilines is 2. The lowest BCUT2D eigenvalue weighted by Crippen LogP contribution is -2.43. The Hall–Kier alpha value is -4.09. The van der Waals surface area contributed by atoms with E-state index >= 15 is 0 Å². The molecular weight excluding hydrogens is 551 g/mol. The average molecular weight is 586 g/mol. The van der Waals surface area contributed by atoms with E-state index in [0.717, 1.165) is 47.4 Å². The number of hydrogen-bond acceptors (Lipinski definition) is 6. The van der Waals surface area contributed by atoms with E-state index in [4.69, 9.17) is 4.74 Å². The summed E-state index contributed by atoms with van der Waals surface area (Å²) in [5.41, 5.74) is 3.67. The zero-order chi connectivity index (χ0) is 30.6. The minimum absolute atomic E-state index is 0.109. The average Bonchev–Trinajstić information content (AvgIpc) is 3.48. The van der Waals surface area contributed by atoms with Crippen LogP contribution in [0.3, 0.4) is 0 Å². The van der Waals surface area contributed by atoms with Gasteiger partial charge in [0.15, 0.2) is 6.04 Å². The number of aryl methyl sites for hydroxylation is 2. The fraction of sp³-hybridized carbons (Fsp3) is 0.467. The molecule has 3 aromatic rings. The van der Waals surface area contributed by atoms with E-state index in [2.05, 4.69) is 9.38 Å². The van der Waals surface area contributed by atoms with Gasteiger partial charge in [-0.1, -0.05) is 12.1 Å². The molecule has 12 heteroatoms. The van der Waals surface area contributed by atoms with E-state index < -0.39 is 41.6 Å². The Bertz CT molecular complexity index is 1530. The number of halogens is 3. The zero-order valence-corrected chi connectivity index (χ0v) is 24.2. The molecule has 9 nitrogen and oxygen atoms in total. The lowest BCUT2D eigenvalue weighted by atomic mass is 10.0. The summed E-state index contributed by atoms with van der Waals surface area (Å²) < 4.78 is 50.5. The van der Waals surface area contributed by atoms with Gasteiger partial charge in [-0.3, -0.25) is 9.59 Å². The van der Waals surface area contributed by atoms with Gasteiger partial charge in [-0.2, -0.15) is 13.2 Å². The summed E-state index contributed by atoms with van der Waals surface area (Å²) in [6, 6.07) is 5.77. The second kappa shape index (κ2) is 10.6. The third-order valence-electron chi connectivity index (χ3n) is 7.58. The van der Waals surface area contributed by atoms with Crippen LogP contribution in [-0.4, -0.2) is 69.0 Å². The number of imide groups is 1. The molecule has 2 aliphatic rings. The van der Waals surface area contributed by atoms with Crippen LogP contribution in [0.1, 0.15) is 56.5 Å². The maximum absolute atomic E-state index is 14.4. The number of likely N-dealkylation sites (tertiary alicyclic amines) is 1. The van der Waals surface area contributed by atoms with Crippen LogP contribution in [0.2, 0.25) is 0 Å². The van der Waals surface area contributed by atoms with E-state index in [0.29, 0.717) is 17.1 Å². The van der Waals surface area contributed by atoms with Crippen LogP contribution in [0.4, 0.5) is 29.3 Å². The molecule has 5 rings (SSSR count). The molecule has 0 N–H and O–H groups in total. The number of alkyl halides is 3. The summed E-state index contributed by atoms with van der Waals surface area (Å²) in [7, 11) is 1.08. The summed E-state index contributed by atoms with van der Waals surface area (Å²) in [4.78, 5) is 46.1. The van der Waals surface area contributed by atoms with E-state index in [1.165, 1.54) is 12.1 Å². The molecule has 0 bridgehead atoms. The van der Waals surface area contributed by atoms with Crippen LogP contribution >= 0.6 is 0 Å². The SMILES string of the molecule is Cc1cc2ncc3c(n2c1)CCCN3c1ccc([C@H](N(C)C(=O)[C@@H]2CC(=O)N(C(=O)OC(C)(C)C)C2)C(F)(F)F)cc1. The summed E-state index contributed by atoms with van der Waals surface area (Å²) >= 11 is 0. The van der Waals surface area contributed by atoms with Crippen molar-refractivity contribution >= 4 is 34.9 Å². The molecule has 0 radical (unpaired) electrons. The fourth-order valence-electron chi connectivity index (χ4n) is 5.74. The van der Waals surface area contributed by atoms with Crippen LogP contribution in [0.5, 0.6) is 0 Å². The van der Waals surface area contributed by atoms with Gasteiger partial charge in [-0.25, -0.2) is 14.7 Å². The van der Waals surface area contributed by atoms with Gasteiger partial charge in [0.2, 0.25) is 11.8 Å². The lowest BCUT2D eigenvalue weighted by Gasteiger charge is -2.33. The Kier molecular flexibility index (Phi) is 7.44. The summed E-state index contributed by atoms with van der Waals surface area (Å²) in [5, 5.41) is 0. The number of fused-ring (bicyclic) bond motifs is 3. The minimum Gasteiger partial charge on any atom is -0.443 e. The van der Waals surface area contributed by atoms with E-state index in [1.54, 1.807) is 39.1 Å². The molecule has 1 aromatic carbocycles.